The number of aromatic nitrogens is 2. The van der Waals surface area contributed by atoms with Crippen LogP contribution >= 0.6 is 0 Å². The molecule has 5 N–H and O–H groups in total. The number of aromatic amines is 1. The number of H-pyrrole nitrogens is 1. The number of hydrogen-bond acceptors (Lipinski definition) is 4. The second-order valence-corrected chi connectivity index (χ2v) is 2.69. The van der Waals surface area contributed by atoms with Gasteiger partial charge in [-0.15, -0.1) is 0 Å². The minimum Gasteiger partial charge on any atom is -0.398 e. The first kappa shape index (κ1) is 7.43. The molecule has 0 bridgehead atoms. The second kappa shape index (κ2) is 2.38. The normalized spacial score (nSPS) is 10.1. The number of nitrogens with two attached hydrogens (primary N) is 2. The lowest BCUT2D eigenvalue weighted by Crippen LogP contribution is -1.89. The first-order chi connectivity index (χ1) is 6.20. The van der Waals surface area contributed by atoms with Gasteiger partial charge >= 0.3 is 0 Å². The molecule has 13 heavy (non-hydrogen) atoms. The summed E-state index contributed by atoms with van der Waals surface area (Å²) in [7, 11) is 0. The fourth-order valence-corrected chi connectivity index (χ4v) is 1.19. The van der Waals surface area contributed by atoms with Crippen LogP contribution in [0.1, 0.15) is 5.56 Å². The van der Waals surface area contributed by atoms with E-state index in [9.17, 15) is 0 Å². The van der Waals surface area contributed by atoms with Crippen LogP contribution < -0.4 is 11.5 Å². The summed E-state index contributed by atoms with van der Waals surface area (Å²) in [5.74, 6) is 0.324. The first-order valence-corrected chi connectivity index (χ1v) is 3.65. The maximum Gasteiger partial charge on any atom is 0.198 e. The number of imidazole rings is 1. The molecule has 0 fully saturated rings. The highest BCUT2D eigenvalue weighted by Crippen LogP contribution is 2.19. The van der Waals surface area contributed by atoms with Gasteiger partial charge in [-0.05, 0) is 12.1 Å². The number of rotatable bonds is 0. The molecular weight excluding hydrogens is 166 g/mol. The van der Waals surface area contributed by atoms with Gasteiger partial charge in [0, 0.05) is 0 Å². The minimum absolute atomic E-state index is 0.324. The quantitative estimate of drug-likeness (QED) is 0.507. The van der Waals surface area contributed by atoms with Gasteiger partial charge < -0.3 is 16.5 Å². The van der Waals surface area contributed by atoms with Gasteiger partial charge in [0.05, 0.1) is 22.3 Å². The predicted molar refractivity (Wildman–Crippen MR) is 49.6 cm³/mol. The predicted octanol–water partition coefficient (Wildman–Crippen LogP) is 0.599. The van der Waals surface area contributed by atoms with Crippen molar-refractivity contribution in [1.29, 1.82) is 5.26 Å². The Kier molecular flexibility index (Phi) is 1.36. The van der Waals surface area contributed by atoms with Crippen molar-refractivity contribution in [1.82, 2.24) is 9.97 Å². The third kappa shape index (κ3) is 1.05. The third-order valence-corrected chi connectivity index (χ3v) is 1.79. The summed E-state index contributed by atoms with van der Waals surface area (Å²) in [6, 6.07) is 5.24. The van der Waals surface area contributed by atoms with Crippen LogP contribution in [0.15, 0.2) is 12.1 Å². The number of nitrogens with zero attached hydrogens (tertiary/aromatic N) is 2. The molecule has 1 aromatic carbocycles. The second-order valence-electron chi connectivity index (χ2n) is 2.69. The van der Waals surface area contributed by atoms with Gasteiger partial charge in [-0.2, -0.15) is 5.26 Å². The molecule has 0 atom stereocenters. The maximum absolute atomic E-state index is 8.69. The topological polar surface area (TPSA) is 105 Å². The Labute approximate surface area is 74.0 Å². The van der Waals surface area contributed by atoms with E-state index in [1.54, 1.807) is 12.1 Å². The van der Waals surface area contributed by atoms with E-state index in [0.717, 1.165) is 5.52 Å². The zero-order valence-electron chi connectivity index (χ0n) is 6.70. The van der Waals surface area contributed by atoms with Gasteiger partial charge in [0.15, 0.2) is 5.95 Å². The maximum atomic E-state index is 8.69. The van der Waals surface area contributed by atoms with Gasteiger partial charge in [0.2, 0.25) is 0 Å². The number of hydrogen-bond donors (Lipinski definition) is 3. The standard InChI is InChI=1S/C8H7N5/c9-3-4-1-6-7(2-5(4)10)13-8(11)12-6/h1-2H,10H2,(H3,11,12,13). The summed E-state index contributed by atoms with van der Waals surface area (Å²) < 4.78 is 0. The molecule has 0 aliphatic carbocycles. The van der Waals surface area contributed by atoms with Crippen LogP contribution in [0.5, 0.6) is 0 Å². The molecule has 0 saturated heterocycles. The van der Waals surface area contributed by atoms with Crippen LogP contribution in [0.2, 0.25) is 0 Å². The summed E-state index contributed by atoms with van der Waals surface area (Å²) in [4.78, 5) is 6.80. The van der Waals surface area contributed by atoms with Crippen LogP contribution in [0.3, 0.4) is 0 Å². The van der Waals surface area contributed by atoms with E-state index in [0.29, 0.717) is 22.7 Å². The fourth-order valence-electron chi connectivity index (χ4n) is 1.19. The van der Waals surface area contributed by atoms with Crippen molar-refractivity contribution in [3.05, 3.63) is 17.7 Å². The number of fused-ring (bicyclic) bond motifs is 1. The van der Waals surface area contributed by atoms with Crippen molar-refractivity contribution >= 4 is 22.7 Å². The monoisotopic (exact) mass is 173 g/mol. The van der Waals surface area contributed by atoms with Crippen LogP contribution in [-0.4, -0.2) is 9.97 Å². The van der Waals surface area contributed by atoms with E-state index in [1.165, 1.54) is 0 Å². The van der Waals surface area contributed by atoms with E-state index in [2.05, 4.69) is 9.97 Å². The van der Waals surface area contributed by atoms with Crippen molar-refractivity contribution in [2.24, 2.45) is 0 Å². The molecular formula is C8H7N5. The van der Waals surface area contributed by atoms with Crippen LogP contribution in [0.25, 0.3) is 11.0 Å². The van der Waals surface area contributed by atoms with Gasteiger partial charge in [0.25, 0.3) is 0 Å². The van der Waals surface area contributed by atoms with Crippen molar-refractivity contribution in [3.63, 3.8) is 0 Å². The lowest BCUT2D eigenvalue weighted by atomic mass is 10.2. The van der Waals surface area contributed by atoms with Gasteiger partial charge in [0.1, 0.15) is 6.07 Å². The van der Waals surface area contributed by atoms with E-state index >= 15 is 0 Å². The molecule has 0 unspecified atom stereocenters. The van der Waals surface area contributed by atoms with Crippen molar-refractivity contribution in [3.8, 4) is 6.07 Å². The van der Waals surface area contributed by atoms with Gasteiger partial charge in [-0.25, -0.2) is 4.98 Å². The average Bonchev–Trinajstić information content (AvgIpc) is 2.42. The van der Waals surface area contributed by atoms with Crippen molar-refractivity contribution < 1.29 is 0 Å². The number of anilines is 2. The first-order valence-electron chi connectivity index (χ1n) is 3.65. The molecule has 1 aromatic heterocycles. The number of nitriles is 1. The van der Waals surface area contributed by atoms with Gasteiger partial charge in [-0.1, -0.05) is 0 Å². The molecule has 0 radical (unpaired) electrons. The molecule has 2 rings (SSSR count). The third-order valence-electron chi connectivity index (χ3n) is 1.79. The average molecular weight is 173 g/mol. The van der Waals surface area contributed by atoms with E-state index in [4.69, 9.17) is 16.7 Å². The molecule has 0 saturated carbocycles. The molecule has 2 aromatic rings. The van der Waals surface area contributed by atoms with Crippen LogP contribution in [-0.2, 0) is 0 Å². The number of nitrogen functional groups attached to an aromatic ring is 2. The Balaban J connectivity index is 2.82. The lowest BCUT2D eigenvalue weighted by molar-refractivity contribution is 1.35. The Morgan fingerprint density at radius 2 is 2.15 bits per heavy atom. The number of benzene rings is 1. The molecule has 0 spiro atoms. The lowest BCUT2D eigenvalue weighted by Gasteiger charge is -1.94. The van der Waals surface area contributed by atoms with Gasteiger partial charge in [-0.3, -0.25) is 0 Å². The van der Waals surface area contributed by atoms with E-state index in [-0.39, 0.29) is 0 Å². The fraction of sp³-hybridized carbons (Fsp3) is 0. The largest absolute Gasteiger partial charge is 0.398 e. The summed E-state index contributed by atoms with van der Waals surface area (Å²) in [5.41, 5.74) is 13.3. The Bertz CT molecular complexity index is 505. The zero-order valence-corrected chi connectivity index (χ0v) is 6.70. The molecule has 1 heterocycles. The summed E-state index contributed by atoms with van der Waals surface area (Å²) in [5, 5.41) is 8.69. The Morgan fingerprint density at radius 1 is 1.38 bits per heavy atom. The van der Waals surface area contributed by atoms with Crippen LogP contribution in [0, 0.1) is 11.3 Å². The highest BCUT2D eigenvalue weighted by Gasteiger charge is 2.04. The highest BCUT2D eigenvalue weighted by atomic mass is 15.0. The minimum atomic E-state index is 0.324. The molecule has 0 aliphatic heterocycles. The molecule has 0 aliphatic rings. The summed E-state index contributed by atoms with van der Waals surface area (Å²) in [6.07, 6.45) is 0. The smallest absolute Gasteiger partial charge is 0.198 e. The highest BCUT2D eigenvalue weighted by molar-refractivity contribution is 5.83. The molecule has 64 valence electrons. The summed E-state index contributed by atoms with van der Waals surface area (Å²) in [6.45, 7) is 0. The van der Waals surface area contributed by atoms with Crippen molar-refractivity contribution in [2.75, 3.05) is 11.5 Å². The summed E-state index contributed by atoms with van der Waals surface area (Å²) >= 11 is 0. The Hall–Kier alpha value is -2.22. The number of nitrogens with one attached hydrogen (secondary N) is 1. The van der Waals surface area contributed by atoms with Crippen molar-refractivity contribution in [2.45, 2.75) is 0 Å². The zero-order chi connectivity index (χ0) is 9.42. The molecule has 0 amide bonds. The SMILES string of the molecule is N#Cc1cc2[nH]c(N)nc2cc1N. The van der Waals surface area contributed by atoms with E-state index < -0.39 is 0 Å². The Morgan fingerprint density at radius 3 is 2.85 bits per heavy atom. The molecule has 5 nitrogen and oxygen atoms in total. The van der Waals surface area contributed by atoms with E-state index in [1.807, 2.05) is 6.07 Å². The molecule has 5 heteroatoms. The van der Waals surface area contributed by atoms with Crippen LogP contribution in [0.4, 0.5) is 11.6 Å².